The van der Waals surface area contributed by atoms with Crippen LogP contribution in [-0.2, 0) is 20.7 Å². The van der Waals surface area contributed by atoms with Gasteiger partial charge in [-0.15, -0.1) is 11.8 Å². The number of carbonyl (C=O) groups is 3. The number of hydrogen-bond acceptors (Lipinski definition) is 9. The van der Waals surface area contributed by atoms with E-state index in [0.717, 1.165) is 18.0 Å². The van der Waals surface area contributed by atoms with Gasteiger partial charge in [-0.25, -0.2) is 9.78 Å². The molecule has 0 saturated heterocycles. The van der Waals surface area contributed by atoms with Crippen LogP contribution >= 0.6 is 11.8 Å². The zero-order valence-electron chi connectivity index (χ0n) is 18.1. The first-order valence-electron chi connectivity index (χ1n) is 10.6. The SMILES string of the molecule is C[C@@H]1C/C=C2\SC[C@H](NC(=O)c3coc(n3)C[C@H](O)C[C@H](O)/C=C/C=C/CNC2=O)C(=O)O1. The maximum atomic E-state index is 12.6. The van der Waals surface area contributed by atoms with Gasteiger partial charge in [-0.3, -0.25) is 9.59 Å². The Morgan fingerprint density at radius 2 is 2.00 bits per heavy atom. The Morgan fingerprint density at radius 3 is 2.82 bits per heavy atom. The molecular weight excluding hydrogens is 450 g/mol. The average Bonchev–Trinajstić information content (AvgIpc) is 3.23. The third kappa shape index (κ3) is 7.58. The smallest absolute Gasteiger partial charge is 0.329 e. The molecule has 10 nitrogen and oxygen atoms in total. The summed E-state index contributed by atoms with van der Waals surface area (Å²) in [7, 11) is 0. The molecule has 178 valence electrons. The van der Waals surface area contributed by atoms with E-state index in [9.17, 15) is 24.6 Å². The molecule has 2 amide bonds. The molecule has 0 spiro atoms. The summed E-state index contributed by atoms with van der Waals surface area (Å²) in [5.74, 6) is -1.34. The minimum absolute atomic E-state index is 0.00699. The van der Waals surface area contributed by atoms with E-state index in [2.05, 4.69) is 15.6 Å². The number of aliphatic hydroxyl groups is 2. The van der Waals surface area contributed by atoms with Crippen LogP contribution in [0.25, 0.3) is 0 Å². The van der Waals surface area contributed by atoms with E-state index in [-0.39, 0.29) is 42.6 Å². The third-order valence-corrected chi connectivity index (χ3v) is 6.00. The Morgan fingerprint density at radius 1 is 1.18 bits per heavy atom. The molecule has 0 aliphatic carbocycles. The summed E-state index contributed by atoms with van der Waals surface area (Å²) < 4.78 is 10.7. The quantitative estimate of drug-likeness (QED) is 0.394. The number of thioether (sulfide) groups is 1. The van der Waals surface area contributed by atoms with Gasteiger partial charge in [-0.2, -0.15) is 0 Å². The number of fused-ring (bicyclic) bond motifs is 5. The molecule has 0 radical (unpaired) electrons. The van der Waals surface area contributed by atoms with E-state index >= 15 is 0 Å². The van der Waals surface area contributed by atoms with Crippen LogP contribution in [0.5, 0.6) is 0 Å². The van der Waals surface area contributed by atoms with Crippen molar-refractivity contribution in [1.29, 1.82) is 0 Å². The van der Waals surface area contributed by atoms with Crippen LogP contribution in [0.15, 0.2) is 46.0 Å². The lowest BCUT2D eigenvalue weighted by molar-refractivity contribution is -0.149. The summed E-state index contributed by atoms with van der Waals surface area (Å²) in [6, 6.07) is -1.00. The monoisotopic (exact) mass is 477 g/mol. The van der Waals surface area contributed by atoms with Crippen molar-refractivity contribution in [3.05, 3.63) is 53.1 Å². The number of allylic oxidation sites excluding steroid dienone is 2. The molecule has 0 unspecified atom stereocenters. The Kier molecular flexibility index (Phi) is 8.87. The largest absolute Gasteiger partial charge is 0.461 e. The number of ether oxygens (including phenoxy) is 1. The number of aromatic nitrogens is 1. The molecule has 4 atom stereocenters. The van der Waals surface area contributed by atoms with E-state index in [0.29, 0.717) is 11.3 Å². The van der Waals surface area contributed by atoms with Crippen molar-refractivity contribution >= 4 is 29.5 Å². The van der Waals surface area contributed by atoms with Crippen LogP contribution in [0.4, 0.5) is 0 Å². The van der Waals surface area contributed by atoms with E-state index in [1.54, 1.807) is 31.2 Å². The van der Waals surface area contributed by atoms with Crippen LogP contribution in [-0.4, -0.2) is 69.6 Å². The highest BCUT2D eigenvalue weighted by atomic mass is 32.2. The first kappa shape index (κ1) is 24.7. The molecule has 2 aliphatic rings. The number of amides is 2. The Balaban J connectivity index is 1.84. The van der Waals surface area contributed by atoms with Crippen molar-refractivity contribution in [2.24, 2.45) is 0 Å². The van der Waals surface area contributed by atoms with E-state index < -0.39 is 36.2 Å². The summed E-state index contributed by atoms with van der Waals surface area (Å²) in [4.78, 5) is 42.3. The first-order valence-corrected chi connectivity index (χ1v) is 11.6. The average molecular weight is 478 g/mol. The van der Waals surface area contributed by atoms with Crippen molar-refractivity contribution in [3.8, 4) is 0 Å². The Bertz CT molecular complexity index is 956. The van der Waals surface area contributed by atoms with Crippen LogP contribution in [0.1, 0.15) is 36.1 Å². The fraction of sp³-hybridized carbons (Fsp3) is 0.455. The van der Waals surface area contributed by atoms with Crippen molar-refractivity contribution < 1.29 is 33.8 Å². The summed E-state index contributed by atoms with van der Waals surface area (Å²) >= 11 is 1.15. The number of hydrogen-bond donors (Lipinski definition) is 4. The predicted octanol–water partition coefficient (Wildman–Crippen LogP) is 0.622. The lowest BCUT2D eigenvalue weighted by atomic mass is 10.1. The van der Waals surface area contributed by atoms with Gasteiger partial charge >= 0.3 is 5.97 Å². The highest BCUT2D eigenvalue weighted by Gasteiger charge is 2.28. The molecule has 0 aromatic carbocycles. The number of oxazole rings is 1. The van der Waals surface area contributed by atoms with Crippen LogP contribution < -0.4 is 10.6 Å². The van der Waals surface area contributed by atoms with Gasteiger partial charge in [0.25, 0.3) is 11.8 Å². The first-order chi connectivity index (χ1) is 15.8. The number of esters is 1. The van der Waals surface area contributed by atoms with E-state index in [1.807, 2.05) is 0 Å². The topological polar surface area (TPSA) is 151 Å². The van der Waals surface area contributed by atoms with Crippen LogP contribution in [0.2, 0.25) is 0 Å². The van der Waals surface area contributed by atoms with Gasteiger partial charge in [0.2, 0.25) is 0 Å². The second-order valence-corrected chi connectivity index (χ2v) is 8.76. The predicted molar refractivity (Wildman–Crippen MR) is 120 cm³/mol. The molecule has 1 aromatic rings. The van der Waals surface area contributed by atoms with Gasteiger partial charge in [0.1, 0.15) is 18.4 Å². The maximum absolute atomic E-state index is 12.6. The summed E-state index contributed by atoms with van der Waals surface area (Å²) in [6.07, 6.45) is 7.47. The number of nitrogens with one attached hydrogen (secondary N) is 2. The molecule has 3 rings (SSSR count). The number of cyclic esters (lactones) is 1. The summed E-state index contributed by atoms with van der Waals surface area (Å²) in [5, 5.41) is 25.6. The molecule has 2 aliphatic heterocycles. The molecule has 11 heteroatoms. The molecule has 3 heterocycles. The van der Waals surface area contributed by atoms with Gasteiger partial charge < -0.3 is 30.0 Å². The van der Waals surface area contributed by atoms with Crippen LogP contribution in [0, 0.1) is 0 Å². The lowest BCUT2D eigenvalue weighted by Gasteiger charge is -2.18. The van der Waals surface area contributed by atoms with Gasteiger partial charge in [0.15, 0.2) is 11.6 Å². The van der Waals surface area contributed by atoms with Gasteiger partial charge in [-0.1, -0.05) is 30.4 Å². The second-order valence-electron chi connectivity index (χ2n) is 7.70. The van der Waals surface area contributed by atoms with E-state index in [4.69, 9.17) is 9.15 Å². The standard InChI is InChI=1S/C22H27N3O7S/c1-13-6-7-18-21(29)23-8-4-2-3-5-14(26)9-15(27)10-19-24-16(11-31-19)20(28)25-17(12-33-18)22(30)32-13/h2-5,7,11,13-15,17,26-27H,6,8-10,12H2,1H3,(H,23,29)(H,25,28)/b4-2+,5-3+,18-7-/t13-,14-,15-,17+/m1/s1. The Hall–Kier alpha value is -2.89. The fourth-order valence-electron chi connectivity index (χ4n) is 3.12. The number of nitrogens with zero attached hydrogens (tertiary/aromatic N) is 1. The van der Waals surface area contributed by atoms with Gasteiger partial charge in [0, 0.05) is 25.1 Å². The molecule has 1 aromatic heterocycles. The van der Waals surface area contributed by atoms with Gasteiger partial charge in [0.05, 0.1) is 23.5 Å². The number of carbonyl (C=O) groups excluding carboxylic acids is 3. The highest BCUT2D eigenvalue weighted by molar-refractivity contribution is 8.04. The van der Waals surface area contributed by atoms with Gasteiger partial charge in [-0.05, 0) is 6.92 Å². The normalized spacial score (nSPS) is 31.5. The fourth-order valence-corrected chi connectivity index (χ4v) is 4.10. The zero-order chi connectivity index (χ0) is 23.8. The van der Waals surface area contributed by atoms with Crippen molar-refractivity contribution in [2.45, 2.75) is 50.5 Å². The minimum atomic E-state index is -1.00. The van der Waals surface area contributed by atoms with Crippen molar-refractivity contribution in [2.75, 3.05) is 12.3 Å². The van der Waals surface area contributed by atoms with Crippen LogP contribution in [0.3, 0.4) is 0 Å². The van der Waals surface area contributed by atoms with Crippen molar-refractivity contribution in [1.82, 2.24) is 15.6 Å². The molecular formula is C22H27N3O7S. The number of rotatable bonds is 0. The summed E-state index contributed by atoms with van der Waals surface area (Å²) in [5.41, 5.74) is -0.0589. The highest BCUT2D eigenvalue weighted by Crippen LogP contribution is 2.22. The second kappa shape index (κ2) is 11.8. The number of aliphatic hydroxyl groups excluding tert-OH is 2. The van der Waals surface area contributed by atoms with Crippen molar-refractivity contribution in [3.63, 3.8) is 0 Å². The third-order valence-electron chi connectivity index (χ3n) is 4.84. The molecule has 4 N–H and O–H groups in total. The molecule has 33 heavy (non-hydrogen) atoms. The zero-order valence-corrected chi connectivity index (χ0v) is 18.9. The maximum Gasteiger partial charge on any atom is 0.329 e. The summed E-state index contributed by atoms with van der Waals surface area (Å²) in [6.45, 7) is 1.97. The molecule has 0 fully saturated rings. The lowest BCUT2D eigenvalue weighted by Crippen LogP contribution is -2.44. The van der Waals surface area contributed by atoms with E-state index in [1.165, 1.54) is 6.08 Å². The molecule has 0 saturated carbocycles. The molecule has 4 bridgehead atoms. The minimum Gasteiger partial charge on any atom is -0.461 e. The Labute approximate surface area is 195 Å².